The number of piperidine rings is 1. The van der Waals surface area contributed by atoms with Crippen LogP contribution in [0, 0.1) is 5.92 Å². The normalized spacial score (nSPS) is 30.8. The number of hydrogen-bond acceptors (Lipinski definition) is 3. The molecule has 1 amide bonds. The quantitative estimate of drug-likeness (QED) is 0.731. The minimum atomic E-state index is -0.0557. The summed E-state index contributed by atoms with van der Waals surface area (Å²) in [5, 5.41) is 0. The number of carbonyl (C=O) groups excluding carboxylic acids is 1. The minimum Gasteiger partial charge on any atom is -0.336 e. The average Bonchev–Trinajstić information content (AvgIpc) is 2.52. The van der Waals surface area contributed by atoms with Gasteiger partial charge in [0.25, 0.3) is 0 Å². The summed E-state index contributed by atoms with van der Waals surface area (Å²) < 4.78 is 0. The van der Waals surface area contributed by atoms with Crippen LogP contribution >= 0.6 is 0 Å². The average molecular weight is 239 g/mol. The van der Waals surface area contributed by atoms with Gasteiger partial charge in [-0.05, 0) is 53.2 Å². The number of carbonyl (C=O) groups is 1. The zero-order chi connectivity index (χ0) is 12.6. The Morgan fingerprint density at radius 2 is 1.88 bits per heavy atom. The van der Waals surface area contributed by atoms with Crippen molar-refractivity contribution in [1.82, 2.24) is 9.80 Å². The summed E-state index contributed by atoms with van der Waals surface area (Å²) in [7, 11) is 2.12. The topological polar surface area (TPSA) is 49.6 Å². The summed E-state index contributed by atoms with van der Waals surface area (Å²) in [6.07, 6.45) is 2.92. The number of hydrogen-bond donors (Lipinski definition) is 1. The molecular weight excluding hydrogens is 214 g/mol. The van der Waals surface area contributed by atoms with Crippen LogP contribution in [0.2, 0.25) is 0 Å². The second kappa shape index (κ2) is 4.58. The largest absolute Gasteiger partial charge is 0.336 e. The predicted octanol–water partition coefficient (Wildman–Crippen LogP) is 0.666. The van der Waals surface area contributed by atoms with Crippen LogP contribution in [0.1, 0.15) is 33.1 Å². The molecule has 4 heteroatoms. The van der Waals surface area contributed by atoms with Crippen molar-refractivity contribution in [3.05, 3.63) is 0 Å². The second-order valence-corrected chi connectivity index (χ2v) is 6.30. The Kier molecular flexibility index (Phi) is 3.46. The molecule has 4 nitrogen and oxygen atoms in total. The lowest BCUT2D eigenvalue weighted by atomic mass is 9.93. The molecule has 2 rings (SSSR count). The van der Waals surface area contributed by atoms with E-state index in [-0.39, 0.29) is 17.5 Å². The molecule has 2 fully saturated rings. The van der Waals surface area contributed by atoms with E-state index in [2.05, 4.69) is 25.8 Å². The van der Waals surface area contributed by atoms with Crippen LogP contribution in [-0.2, 0) is 4.79 Å². The van der Waals surface area contributed by atoms with Crippen molar-refractivity contribution in [3.63, 3.8) is 0 Å². The lowest BCUT2D eigenvalue weighted by molar-refractivity contribution is -0.140. The second-order valence-electron chi connectivity index (χ2n) is 6.30. The maximum Gasteiger partial charge on any atom is 0.226 e. The fourth-order valence-electron chi connectivity index (χ4n) is 3.16. The molecule has 0 aromatic carbocycles. The van der Waals surface area contributed by atoms with Gasteiger partial charge in [-0.2, -0.15) is 0 Å². The third-order valence-corrected chi connectivity index (χ3v) is 4.24. The van der Waals surface area contributed by atoms with Crippen molar-refractivity contribution in [3.8, 4) is 0 Å². The molecule has 1 atom stereocenters. The molecule has 2 N–H and O–H groups in total. The summed E-state index contributed by atoms with van der Waals surface area (Å²) >= 11 is 0. The third-order valence-electron chi connectivity index (χ3n) is 4.24. The van der Waals surface area contributed by atoms with E-state index in [4.69, 9.17) is 5.73 Å². The van der Waals surface area contributed by atoms with E-state index in [9.17, 15) is 4.79 Å². The minimum absolute atomic E-state index is 0.0557. The van der Waals surface area contributed by atoms with Crippen LogP contribution in [0.5, 0.6) is 0 Å². The predicted molar refractivity (Wildman–Crippen MR) is 68.6 cm³/mol. The summed E-state index contributed by atoms with van der Waals surface area (Å²) in [4.78, 5) is 16.8. The van der Waals surface area contributed by atoms with Gasteiger partial charge in [-0.3, -0.25) is 4.79 Å². The number of rotatable bonds is 1. The molecule has 1 unspecified atom stereocenters. The first-order chi connectivity index (χ1) is 7.90. The van der Waals surface area contributed by atoms with Crippen molar-refractivity contribution < 1.29 is 4.79 Å². The fraction of sp³-hybridized carbons (Fsp3) is 0.923. The highest BCUT2D eigenvalue weighted by Gasteiger charge is 2.42. The van der Waals surface area contributed by atoms with Gasteiger partial charge in [0, 0.05) is 24.0 Å². The van der Waals surface area contributed by atoms with Gasteiger partial charge in [-0.25, -0.2) is 0 Å². The van der Waals surface area contributed by atoms with Crippen LogP contribution in [0.4, 0.5) is 0 Å². The number of amides is 1. The molecule has 2 aliphatic rings. The summed E-state index contributed by atoms with van der Waals surface area (Å²) in [5.41, 5.74) is 5.93. The van der Waals surface area contributed by atoms with Gasteiger partial charge >= 0.3 is 0 Å². The molecule has 2 heterocycles. The zero-order valence-corrected chi connectivity index (χ0v) is 11.3. The van der Waals surface area contributed by atoms with E-state index in [1.807, 2.05) is 4.90 Å². The van der Waals surface area contributed by atoms with E-state index in [1.54, 1.807) is 0 Å². The molecule has 2 saturated heterocycles. The van der Waals surface area contributed by atoms with Crippen molar-refractivity contribution in [2.75, 3.05) is 26.7 Å². The summed E-state index contributed by atoms with van der Waals surface area (Å²) in [6, 6.07) is 0.153. The molecule has 0 aromatic heterocycles. The van der Waals surface area contributed by atoms with Gasteiger partial charge in [0.15, 0.2) is 0 Å². The van der Waals surface area contributed by atoms with Crippen LogP contribution in [0.3, 0.4) is 0 Å². The first kappa shape index (κ1) is 12.8. The van der Waals surface area contributed by atoms with Gasteiger partial charge < -0.3 is 15.5 Å². The fourth-order valence-corrected chi connectivity index (χ4v) is 3.16. The molecule has 0 aliphatic carbocycles. The molecular formula is C13H25N3O. The molecule has 0 spiro atoms. The molecule has 17 heavy (non-hydrogen) atoms. The Morgan fingerprint density at radius 1 is 1.29 bits per heavy atom. The van der Waals surface area contributed by atoms with Gasteiger partial charge in [-0.15, -0.1) is 0 Å². The van der Waals surface area contributed by atoms with E-state index in [0.717, 1.165) is 38.9 Å². The highest BCUT2D eigenvalue weighted by molar-refractivity contribution is 5.80. The highest BCUT2D eigenvalue weighted by atomic mass is 16.2. The number of likely N-dealkylation sites (tertiary alicyclic amines) is 2. The first-order valence-corrected chi connectivity index (χ1v) is 6.66. The Labute approximate surface area is 104 Å². The molecule has 98 valence electrons. The third kappa shape index (κ3) is 2.63. The summed E-state index contributed by atoms with van der Waals surface area (Å²) in [5.74, 6) is 0.548. The highest BCUT2D eigenvalue weighted by Crippen LogP contribution is 2.31. The molecule has 0 radical (unpaired) electrons. The zero-order valence-electron chi connectivity index (χ0n) is 11.3. The lowest BCUT2D eigenvalue weighted by Crippen LogP contribution is -2.48. The SMILES string of the molecule is CN1CCC(C(=O)N2CC(N)CC2(C)C)CC1. The van der Waals surface area contributed by atoms with Gasteiger partial charge in [0.05, 0.1) is 0 Å². The Balaban J connectivity index is 2.00. The maximum atomic E-state index is 12.5. The molecule has 0 bridgehead atoms. The Hall–Kier alpha value is -0.610. The van der Waals surface area contributed by atoms with E-state index >= 15 is 0 Å². The monoisotopic (exact) mass is 239 g/mol. The molecule has 0 saturated carbocycles. The van der Waals surface area contributed by atoms with Crippen LogP contribution < -0.4 is 5.73 Å². The van der Waals surface area contributed by atoms with Crippen LogP contribution in [0.15, 0.2) is 0 Å². The standard InChI is InChI=1S/C13H25N3O/c1-13(2)8-11(14)9-16(13)12(17)10-4-6-15(3)7-5-10/h10-11H,4-9,14H2,1-3H3. The van der Waals surface area contributed by atoms with Gasteiger partial charge in [0.2, 0.25) is 5.91 Å². The van der Waals surface area contributed by atoms with Crippen molar-refractivity contribution in [1.29, 1.82) is 0 Å². The van der Waals surface area contributed by atoms with Crippen molar-refractivity contribution in [2.45, 2.75) is 44.7 Å². The smallest absolute Gasteiger partial charge is 0.226 e. The van der Waals surface area contributed by atoms with Crippen LogP contribution in [0.25, 0.3) is 0 Å². The molecule has 0 aromatic rings. The number of nitrogens with zero attached hydrogens (tertiary/aromatic N) is 2. The Bertz CT molecular complexity index is 295. The number of nitrogens with two attached hydrogens (primary N) is 1. The van der Waals surface area contributed by atoms with Gasteiger partial charge in [0.1, 0.15) is 0 Å². The summed E-state index contributed by atoms with van der Waals surface area (Å²) in [6.45, 7) is 7.07. The van der Waals surface area contributed by atoms with Crippen molar-refractivity contribution in [2.24, 2.45) is 11.7 Å². The first-order valence-electron chi connectivity index (χ1n) is 6.66. The van der Waals surface area contributed by atoms with Crippen LogP contribution in [-0.4, -0.2) is 54.0 Å². The lowest BCUT2D eigenvalue weighted by Gasteiger charge is -2.36. The van der Waals surface area contributed by atoms with E-state index < -0.39 is 0 Å². The van der Waals surface area contributed by atoms with Gasteiger partial charge in [-0.1, -0.05) is 0 Å². The van der Waals surface area contributed by atoms with E-state index in [1.165, 1.54) is 0 Å². The van der Waals surface area contributed by atoms with E-state index in [0.29, 0.717) is 5.91 Å². The Morgan fingerprint density at radius 3 is 2.35 bits per heavy atom. The molecule has 2 aliphatic heterocycles. The maximum absolute atomic E-state index is 12.5. The van der Waals surface area contributed by atoms with Crippen molar-refractivity contribution >= 4 is 5.91 Å².